The molecule has 0 amide bonds. The first kappa shape index (κ1) is 13.1. The highest BCUT2D eigenvalue weighted by molar-refractivity contribution is 5.41. The van der Waals surface area contributed by atoms with Gasteiger partial charge in [-0.15, -0.1) is 0 Å². The smallest absolute Gasteiger partial charge is 0.119 e. The Morgan fingerprint density at radius 3 is 2.29 bits per heavy atom. The quantitative estimate of drug-likeness (QED) is 0.699. The van der Waals surface area contributed by atoms with Gasteiger partial charge in [0.1, 0.15) is 5.75 Å². The summed E-state index contributed by atoms with van der Waals surface area (Å²) < 4.78 is 5.52. The van der Waals surface area contributed by atoms with Crippen molar-refractivity contribution in [1.29, 1.82) is 0 Å². The molecule has 14 heavy (non-hydrogen) atoms. The van der Waals surface area contributed by atoms with Crippen molar-refractivity contribution in [3.8, 4) is 5.75 Å². The van der Waals surface area contributed by atoms with E-state index in [-0.39, 0.29) is 12.4 Å². The van der Waals surface area contributed by atoms with Crippen LogP contribution in [0.2, 0.25) is 0 Å². The van der Waals surface area contributed by atoms with Crippen LogP contribution in [0, 0.1) is 5.92 Å². The van der Waals surface area contributed by atoms with E-state index in [1.807, 2.05) is 24.3 Å². The maximum atomic E-state index is 5.55. The van der Waals surface area contributed by atoms with Gasteiger partial charge in [0, 0.05) is 5.69 Å². The fraction of sp³-hybridized carbons (Fsp3) is 0.455. The molecule has 80 valence electrons. The van der Waals surface area contributed by atoms with Crippen LogP contribution < -0.4 is 22.9 Å². The molecule has 0 atom stereocenters. The number of ether oxygens (including phenoxy) is 1. The lowest BCUT2D eigenvalue weighted by atomic mass is 10.1. The van der Waals surface area contributed by atoms with Crippen molar-refractivity contribution in [2.24, 2.45) is 5.92 Å². The van der Waals surface area contributed by atoms with Gasteiger partial charge in [-0.25, -0.2) is 0 Å². The highest BCUT2D eigenvalue weighted by Gasteiger charge is 1.95. The molecule has 2 N–H and O–H groups in total. The van der Waals surface area contributed by atoms with Crippen molar-refractivity contribution in [2.75, 3.05) is 12.3 Å². The minimum Gasteiger partial charge on any atom is -1.00 e. The summed E-state index contributed by atoms with van der Waals surface area (Å²) in [7, 11) is 0. The van der Waals surface area contributed by atoms with E-state index >= 15 is 0 Å². The molecule has 0 fully saturated rings. The summed E-state index contributed by atoms with van der Waals surface area (Å²) in [6.45, 7) is 5.15. The largest absolute Gasteiger partial charge is 1.00 e. The minimum absolute atomic E-state index is 0. The van der Waals surface area contributed by atoms with Crippen LogP contribution >= 0.6 is 0 Å². The van der Waals surface area contributed by atoms with Crippen molar-refractivity contribution in [3.05, 3.63) is 24.3 Å². The molecule has 0 aliphatic carbocycles. The number of nitrogen functional groups attached to an aromatic ring is 1. The summed E-state index contributed by atoms with van der Waals surface area (Å²) in [6, 6.07) is 7.50. The number of anilines is 1. The standard InChI is InChI=1S/C11H17NO.ClH/c1-9(2)7-8-13-11-5-3-10(12)4-6-11;/h3-6,9H,7-8,12H2,1-2H3;1H/p-1. The van der Waals surface area contributed by atoms with Gasteiger partial charge in [-0.1, -0.05) is 13.8 Å². The molecule has 2 nitrogen and oxygen atoms in total. The maximum absolute atomic E-state index is 5.55. The monoisotopic (exact) mass is 214 g/mol. The SMILES string of the molecule is CC(C)CCOc1ccc(N)cc1.[Cl-]. The van der Waals surface area contributed by atoms with Crippen LogP contribution in [0.15, 0.2) is 24.3 Å². The number of benzene rings is 1. The van der Waals surface area contributed by atoms with Crippen molar-refractivity contribution in [1.82, 2.24) is 0 Å². The average molecular weight is 215 g/mol. The zero-order valence-electron chi connectivity index (χ0n) is 8.66. The van der Waals surface area contributed by atoms with Crippen LogP contribution in [-0.2, 0) is 0 Å². The molecule has 0 aliphatic heterocycles. The Labute approximate surface area is 91.9 Å². The molecule has 0 unspecified atom stereocenters. The lowest BCUT2D eigenvalue weighted by Gasteiger charge is -2.07. The number of halogens is 1. The highest BCUT2D eigenvalue weighted by Crippen LogP contribution is 2.13. The zero-order chi connectivity index (χ0) is 9.68. The van der Waals surface area contributed by atoms with E-state index in [0.717, 1.165) is 24.5 Å². The number of hydrogen-bond donors (Lipinski definition) is 1. The maximum Gasteiger partial charge on any atom is 0.119 e. The molecule has 1 aromatic rings. The Kier molecular flexibility index (Phi) is 6.13. The minimum atomic E-state index is 0. The van der Waals surface area contributed by atoms with E-state index in [4.69, 9.17) is 10.5 Å². The molecule has 0 aromatic heterocycles. The summed E-state index contributed by atoms with van der Waals surface area (Å²) in [5.74, 6) is 1.59. The lowest BCUT2D eigenvalue weighted by Crippen LogP contribution is -3.00. The number of rotatable bonds is 4. The van der Waals surface area contributed by atoms with Crippen molar-refractivity contribution < 1.29 is 17.1 Å². The molecule has 1 rings (SSSR count). The third-order valence-electron chi connectivity index (χ3n) is 1.84. The normalized spacial score (nSPS) is 9.64. The molecule has 0 radical (unpaired) electrons. The molecule has 1 aromatic carbocycles. The second-order valence-corrected chi connectivity index (χ2v) is 3.60. The topological polar surface area (TPSA) is 35.2 Å². The fourth-order valence-corrected chi connectivity index (χ4v) is 0.977. The molecule has 0 saturated heterocycles. The summed E-state index contributed by atoms with van der Waals surface area (Å²) in [4.78, 5) is 0. The van der Waals surface area contributed by atoms with Gasteiger partial charge in [-0.3, -0.25) is 0 Å². The second kappa shape index (κ2) is 6.55. The molecule has 0 bridgehead atoms. The molecular weight excluding hydrogens is 198 g/mol. The average Bonchev–Trinajstić information content (AvgIpc) is 2.08. The van der Waals surface area contributed by atoms with Crippen molar-refractivity contribution in [3.63, 3.8) is 0 Å². The van der Waals surface area contributed by atoms with E-state index in [1.165, 1.54) is 0 Å². The van der Waals surface area contributed by atoms with Crippen LogP contribution in [-0.4, -0.2) is 6.61 Å². The first-order valence-electron chi connectivity index (χ1n) is 4.67. The Bertz CT molecular complexity index is 246. The van der Waals surface area contributed by atoms with E-state index in [0.29, 0.717) is 5.92 Å². The molecule has 0 heterocycles. The Morgan fingerprint density at radius 2 is 1.79 bits per heavy atom. The van der Waals surface area contributed by atoms with Gasteiger partial charge in [0.05, 0.1) is 6.61 Å². The van der Waals surface area contributed by atoms with Crippen LogP contribution in [0.3, 0.4) is 0 Å². The summed E-state index contributed by atoms with van der Waals surface area (Å²) in [6.07, 6.45) is 1.09. The van der Waals surface area contributed by atoms with Crippen LogP contribution in [0.1, 0.15) is 20.3 Å². The van der Waals surface area contributed by atoms with Gasteiger partial charge in [-0.05, 0) is 36.6 Å². The van der Waals surface area contributed by atoms with E-state index < -0.39 is 0 Å². The summed E-state index contributed by atoms with van der Waals surface area (Å²) >= 11 is 0. The predicted molar refractivity (Wildman–Crippen MR) is 55.8 cm³/mol. The van der Waals surface area contributed by atoms with Gasteiger partial charge >= 0.3 is 0 Å². The van der Waals surface area contributed by atoms with Gasteiger partial charge in [0.25, 0.3) is 0 Å². The zero-order valence-corrected chi connectivity index (χ0v) is 9.42. The first-order valence-corrected chi connectivity index (χ1v) is 4.67. The molecular formula is C11H17ClNO-. The van der Waals surface area contributed by atoms with Crippen molar-refractivity contribution >= 4 is 5.69 Å². The van der Waals surface area contributed by atoms with E-state index in [9.17, 15) is 0 Å². The first-order chi connectivity index (χ1) is 6.18. The molecule has 0 spiro atoms. The van der Waals surface area contributed by atoms with Crippen LogP contribution in [0.5, 0.6) is 5.75 Å². The predicted octanol–water partition coefficient (Wildman–Crippen LogP) is -0.302. The number of nitrogens with two attached hydrogens (primary N) is 1. The third-order valence-corrected chi connectivity index (χ3v) is 1.84. The van der Waals surface area contributed by atoms with Crippen LogP contribution in [0.4, 0.5) is 5.69 Å². The Morgan fingerprint density at radius 1 is 1.21 bits per heavy atom. The van der Waals surface area contributed by atoms with E-state index in [2.05, 4.69) is 13.8 Å². The van der Waals surface area contributed by atoms with Crippen LogP contribution in [0.25, 0.3) is 0 Å². The Balaban J connectivity index is 0.00000169. The third kappa shape index (κ3) is 4.97. The van der Waals surface area contributed by atoms with Gasteiger partial charge < -0.3 is 22.9 Å². The molecule has 3 heteroatoms. The fourth-order valence-electron chi connectivity index (χ4n) is 0.977. The lowest BCUT2D eigenvalue weighted by molar-refractivity contribution is -0.00000356. The summed E-state index contributed by atoms with van der Waals surface area (Å²) in [5, 5.41) is 0. The molecule has 0 aliphatic rings. The van der Waals surface area contributed by atoms with E-state index in [1.54, 1.807) is 0 Å². The van der Waals surface area contributed by atoms with Gasteiger partial charge in [-0.2, -0.15) is 0 Å². The van der Waals surface area contributed by atoms with Crippen molar-refractivity contribution in [2.45, 2.75) is 20.3 Å². The Hall–Kier alpha value is -0.890. The molecule has 0 saturated carbocycles. The summed E-state index contributed by atoms with van der Waals surface area (Å²) in [5.41, 5.74) is 6.32. The highest BCUT2D eigenvalue weighted by atomic mass is 35.5. The second-order valence-electron chi connectivity index (χ2n) is 3.60. The van der Waals surface area contributed by atoms with Gasteiger partial charge in [0.2, 0.25) is 0 Å². The van der Waals surface area contributed by atoms with Gasteiger partial charge in [0.15, 0.2) is 0 Å². The number of hydrogen-bond acceptors (Lipinski definition) is 2.